The van der Waals surface area contributed by atoms with Gasteiger partial charge >= 0.3 is 11.8 Å². The molecule has 1 atom stereocenters. The molecule has 0 unspecified atom stereocenters. The number of carbonyl (C=O) groups excluding carboxylic acids is 2. The molecule has 0 radical (unpaired) electrons. The lowest BCUT2D eigenvalue weighted by molar-refractivity contribution is -0.136. The standard InChI is InChI=1S/C16H22N2O4/c1-2-9-21-13-7-5-12(6-8-13)18-16(20)15(19)17-11-14-4-3-10-22-14/h5-8,14H,2-4,9-11H2,1H3,(H,17,19)(H,18,20)/t14-/m1/s1. The van der Waals surface area contributed by atoms with E-state index in [0.717, 1.165) is 31.6 Å². The average molecular weight is 306 g/mol. The molecule has 2 amide bonds. The van der Waals surface area contributed by atoms with Crippen molar-refractivity contribution in [3.63, 3.8) is 0 Å². The molecule has 0 spiro atoms. The molecular weight excluding hydrogens is 284 g/mol. The molecule has 1 aliphatic heterocycles. The third-order valence-corrected chi connectivity index (χ3v) is 3.31. The first kappa shape index (κ1) is 16.3. The van der Waals surface area contributed by atoms with Crippen LogP contribution in [0.15, 0.2) is 24.3 Å². The highest BCUT2D eigenvalue weighted by Gasteiger charge is 2.19. The van der Waals surface area contributed by atoms with Gasteiger partial charge in [-0.3, -0.25) is 9.59 Å². The maximum absolute atomic E-state index is 11.8. The molecule has 2 N–H and O–H groups in total. The van der Waals surface area contributed by atoms with Crippen LogP contribution in [0.5, 0.6) is 5.75 Å². The summed E-state index contributed by atoms with van der Waals surface area (Å²) in [6.45, 7) is 3.77. The fourth-order valence-electron chi connectivity index (χ4n) is 2.13. The van der Waals surface area contributed by atoms with Gasteiger partial charge in [0.1, 0.15) is 5.75 Å². The highest BCUT2D eigenvalue weighted by molar-refractivity contribution is 6.39. The molecule has 1 aromatic carbocycles. The lowest BCUT2D eigenvalue weighted by atomic mass is 10.2. The van der Waals surface area contributed by atoms with Crippen molar-refractivity contribution in [3.05, 3.63) is 24.3 Å². The van der Waals surface area contributed by atoms with Gasteiger partial charge in [-0.15, -0.1) is 0 Å². The summed E-state index contributed by atoms with van der Waals surface area (Å²) in [5.74, 6) is -0.593. The number of ether oxygens (including phenoxy) is 2. The Morgan fingerprint density at radius 2 is 2.05 bits per heavy atom. The van der Waals surface area contributed by atoms with Crippen molar-refractivity contribution in [3.8, 4) is 5.75 Å². The van der Waals surface area contributed by atoms with Crippen LogP contribution in [0.4, 0.5) is 5.69 Å². The van der Waals surface area contributed by atoms with Gasteiger partial charge in [0.05, 0.1) is 12.7 Å². The molecular formula is C16H22N2O4. The van der Waals surface area contributed by atoms with E-state index >= 15 is 0 Å². The van der Waals surface area contributed by atoms with Crippen molar-refractivity contribution in [1.29, 1.82) is 0 Å². The minimum absolute atomic E-state index is 0.0201. The second-order valence-electron chi connectivity index (χ2n) is 5.17. The zero-order chi connectivity index (χ0) is 15.8. The Hall–Kier alpha value is -2.08. The number of nitrogens with one attached hydrogen (secondary N) is 2. The monoisotopic (exact) mass is 306 g/mol. The van der Waals surface area contributed by atoms with Gasteiger partial charge in [0.2, 0.25) is 0 Å². The average Bonchev–Trinajstić information content (AvgIpc) is 3.05. The van der Waals surface area contributed by atoms with Crippen molar-refractivity contribution in [2.45, 2.75) is 32.3 Å². The highest BCUT2D eigenvalue weighted by atomic mass is 16.5. The summed E-state index contributed by atoms with van der Waals surface area (Å²) in [5.41, 5.74) is 0.557. The Balaban J connectivity index is 1.76. The molecule has 1 fully saturated rings. The molecule has 0 bridgehead atoms. The Bertz CT molecular complexity index is 495. The molecule has 0 aliphatic carbocycles. The fraction of sp³-hybridized carbons (Fsp3) is 0.500. The van der Waals surface area contributed by atoms with Gasteiger partial charge in [0.25, 0.3) is 0 Å². The summed E-state index contributed by atoms with van der Waals surface area (Å²) >= 11 is 0. The molecule has 6 nitrogen and oxygen atoms in total. The molecule has 0 saturated carbocycles. The lowest BCUT2D eigenvalue weighted by Gasteiger charge is -2.11. The predicted molar refractivity (Wildman–Crippen MR) is 82.8 cm³/mol. The maximum atomic E-state index is 11.8. The normalized spacial score (nSPS) is 17.0. The van der Waals surface area contributed by atoms with Crippen LogP contribution in [-0.4, -0.2) is 37.7 Å². The van der Waals surface area contributed by atoms with E-state index in [0.29, 0.717) is 18.8 Å². The van der Waals surface area contributed by atoms with Crippen LogP contribution in [0, 0.1) is 0 Å². The number of benzene rings is 1. The van der Waals surface area contributed by atoms with Gasteiger partial charge in [0.15, 0.2) is 0 Å². The first-order valence-electron chi connectivity index (χ1n) is 7.62. The van der Waals surface area contributed by atoms with E-state index in [2.05, 4.69) is 10.6 Å². The van der Waals surface area contributed by atoms with Crippen molar-refractivity contribution < 1.29 is 19.1 Å². The lowest BCUT2D eigenvalue weighted by Crippen LogP contribution is -2.39. The first-order chi connectivity index (χ1) is 10.7. The van der Waals surface area contributed by atoms with Crippen molar-refractivity contribution in [1.82, 2.24) is 5.32 Å². The summed E-state index contributed by atoms with van der Waals surface area (Å²) in [4.78, 5) is 23.5. The summed E-state index contributed by atoms with van der Waals surface area (Å²) in [7, 11) is 0. The van der Waals surface area contributed by atoms with Crippen LogP contribution in [0.25, 0.3) is 0 Å². The maximum Gasteiger partial charge on any atom is 0.313 e. The summed E-state index contributed by atoms with van der Waals surface area (Å²) in [6, 6.07) is 6.93. The molecule has 22 heavy (non-hydrogen) atoms. The molecule has 1 aliphatic rings. The first-order valence-corrected chi connectivity index (χ1v) is 7.62. The van der Waals surface area contributed by atoms with Crippen molar-refractivity contribution in [2.75, 3.05) is 25.1 Å². The third kappa shape index (κ3) is 5.04. The van der Waals surface area contributed by atoms with Gasteiger partial charge in [0, 0.05) is 18.8 Å². The molecule has 6 heteroatoms. The molecule has 1 aromatic rings. The Morgan fingerprint density at radius 1 is 1.27 bits per heavy atom. The molecule has 1 heterocycles. The van der Waals surface area contributed by atoms with E-state index < -0.39 is 11.8 Å². The second kappa shape index (κ2) is 8.38. The Labute approximate surface area is 130 Å². The number of carbonyl (C=O) groups is 2. The number of rotatable bonds is 6. The molecule has 0 aromatic heterocycles. The number of hydrogen-bond donors (Lipinski definition) is 2. The van der Waals surface area contributed by atoms with E-state index in [9.17, 15) is 9.59 Å². The number of anilines is 1. The van der Waals surface area contributed by atoms with Gasteiger partial charge in [-0.25, -0.2) is 0 Å². The van der Waals surface area contributed by atoms with Crippen LogP contribution in [0.1, 0.15) is 26.2 Å². The van der Waals surface area contributed by atoms with Crippen molar-refractivity contribution in [2.24, 2.45) is 0 Å². The molecule has 120 valence electrons. The topological polar surface area (TPSA) is 76.7 Å². The number of amides is 2. The van der Waals surface area contributed by atoms with Crippen LogP contribution in [0.3, 0.4) is 0 Å². The summed E-state index contributed by atoms with van der Waals surface area (Å²) < 4.78 is 10.8. The van der Waals surface area contributed by atoms with Crippen LogP contribution < -0.4 is 15.4 Å². The summed E-state index contributed by atoms with van der Waals surface area (Å²) in [6.07, 6.45) is 2.87. The van der Waals surface area contributed by atoms with E-state index in [-0.39, 0.29) is 6.10 Å². The van der Waals surface area contributed by atoms with E-state index in [1.165, 1.54) is 0 Å². The predicted octanol–water partition coefficient (Wildman–Crippen LogP) is 1.71. The van der Waals surface area contributed by atoms with Gasteiger partial charge in [-0.2, -0.15) is 0 Å². The van der Waals surface area contributed by atoms with Gasteiger partial charge in [-0.1, -0.05) is 6.92 Å². The minimum Gasteiger partial charge on any atom is -0.494 e. The zero-order valence-corrected chi connectivity index (χ0v) is 12.8. The van der Waals surface area contributed by atoms with E-state index in [4.69, 9.17) is 9.47 Å². The summed E-state index contributed by atoms with van der Waals surface area (Å²) in [5, 5.41) is 5.14. The second-order valence-corrected chi connectivity index (χ2v) is 5.17. The van der Waals surface area contributed by atoms with Crippen LogP contribution in [-0.2, 0) is 14.3 Å². The highest BCUT2D eigenvalue weighted by Crippen LogP contribution is 2.16. The quantitative estimate of drug-likeness (QED) is 0.784. The SMILES string of the molecule is CCCOc1ccc(NC(=O)C(=O)NC[C@H]2CCCO2)cc1. The third-order valence-electron chi connectivity index (χ3n) is 3.31. The number of hydrogen-bond acceptors (Lipinski definition) is 4. The van der Waals surface area contributed by atoms with Crippen LogP contribution >= 0.6 is 0 Å². The minimum atomic E-state index is -0.680. The van der Waals surface area contributed by atoms with E-state index in [1.54, 1.807) is 24.3 Å². The smallest absolute Gasteiger partial charge is 0.313 e. The van der Waals surface area contributed by atoms with Crippen molar-refractivity contribution >= 4 is 17.5 Å². The fourth-order valence-corrected chi connectivity index (χ4v) is 2.13. The van der Waals surface area contributed by atoms with Gasteiger partial charge in [-0.05, 0) is 43.5 Å². The molecule has 2 rings (SSSR count). The Morgan fingerprint density at radius 3 is 2.68 bits per heavy atom. The largest absolute Gasteiger partial charge is 0.494 e. The van der Waals surface area contributed by atoms with E-state index in [1.807, 2.05) is 6.92 Å². The molecule has 1 saturated heterocycles. The Kier molecular flexibility index (Phi) is 6.21. The van der Waals surface area contributed by atoms with Crippen LogP contribution in [0.2, 0.25) is 0 Å². The van der Waals surface area contributed by atoms with Gasteiger partial charge < -0.3 is 20.1 Å². The zero-order valence-electron chi connectivity index (χ0n) is 12.8.